The fourth-order valence-corrected chi connectivity index (χ4v) is 4.38. The van der Waals surface area contributed by atoms with Crippen molar-refractivity contribution in [3.05, 3.63) is 40.4 Å². The number of benzene rings is 1. The van der Waals surface area contributed by atoms with Gasteiger partial charge in [-0.15, -0.1) is 0 Å². The van der Waals surface area contributed by atoms with Crippen molar-refractivity contribution in [2.75, 3.05) is 25.5 Å². The van der Waals surface area contributed by atoms with E-state index in [1.165, 1.54) is 0 Å². The number of carbonyl (C=O) groups excluding carboxylic acids is 1. The van der Waals surface area contributed by atoms with Gasteiger partial charge >= 0.3 is 0 Å². The number of fused-ring (bicyclic) bond motifs is 3. The lowest BCUT2D eigenvalue weighted by atomic mass is 10.1. The lowest BCUT2D eigenvalue weighted by Crippen LogP contribution is -2.56. The summed E-state index contributed by atoms with van der Waals surface area (Å²) in [5.41, 5.74) is 3.63. The number of para-hydroxylation sites is 2. The Balaban J connectivity index is 2.08. The monoisotopic (exact) mass is 404 g/mol. The molecule has 156 valence electrons. The molecule has 0 aliphatic carbocycles. The summed E-state index contributed by atoms with van der Waals surface area (Å²) in [4.78, 5) is 24.9. The van der Waals surface area contributed by atoms with Crippen molar-refractivity contribution in [3.63, 3.8) is 0 Å². The molecule has 0 saturated carbocycles. The van der Waals surface area contributed by atoms with Gasteiger partial charge in [0.1, 0.15) is 5.56 Å². The number of hydrogen-bond acceptors (Lipinski definition) is 5. The summed E-state index contributed by atoms with van der Waals surface area (Å²) in [6.07, 6.45) is 3.47. The fraction of sp³-hybridized carbons (Fsp3) is 0.348. The van der Waals surface area contributed by atoms with Gasteiger partial charge in [-0.05, 0) is 32.9 Å². The molecule has 1 saturated heterocycles. The zero-order valence-electron chi connectivity index (χ0n) is 17.9. The number of amides is 1. The van der Waals surface area contributed by atoms with Gasteiger partial charge in [0.2, 0.25) is 0 Å². The molecule has 1 amide bonds. The molecule has 7 nitrogen and oxygen atoms in total. The van der Waals surface area contributed by atoms with Crippen LogP contribution in [0.2, 0.25) is 0 Å². The topological polar surface area (TPSA) is 74.0 Å². The minimum atomic E-state index is -0.0324. The van der Waals surface area contributed by atoms with Crippen LogP contribution in [0.25, 0.3) is 29.5 Å². The summed E-state index contributed by atoms with van der Waals surface area (Å²) in [5, 5.41) is 8.24. The van der Waals surface area contributed by atoms with Crippen molar-refractivity contribution in [2.24, 2.45) is 4.99 Å². The first-order valence-corrected chi connectivity index (χ1v) is 10.3. The molecule has 1 aliphatic rings. The lowest BCUT2D eigenvalue weighted by Gasteiger charge is -2.36. The van der Waals surface area contributed by atoms with E-state index in [4.69, 9.17) is 4.98 Å². The molecular weight excluding hydrogens is 376 g/mol. The van der Waals surface area contributed by atoms with Crippen LogP contribution in [0, 0.1) is 0 Å². The number of imidazole rings is 1. The third-order valence-electron chi connectivity index (χ3n) is 5.55. The number of aliphatic imine (C=N–C) groups is 1. The van der Waals surface area contributed by atoms with E-state index in [9.17, 15) is 4.79 Å². The summed E-state index contributed by atoms with van der Waals surface area (Å²) < 4.78 is 1.97. The number of piperazine rings is 1. The van der Waals surface area contributed by atoms with Crippen LogP contribution in [-0.2, 0) is 0 Å². The normalized spacial score (nSPS) is 20.5. The summed E-state index contributed by atoms with van der Waals surface area (Å²) in [6.45, 7) is 11.7. The SMILES string of the molecule is C=c1/c(=C\N=C/C)c(NC)c(C(=O)N2CC(C)NC(C)C2)c2nc3ccccc3n12. The first-order chi connectivity index (χ1) is 14.5. The van der Waals surface area contributed by atoms with E-state index in [1.807, 2.05) is 47.5 Å². The number of nitrogens with zero attached hydrogens (tertiary/aromatic N) is 4. The van der Waals surface area contributed by atoms with Crippen LogP contribution in [0.3, 0.4) is 0 Å². The van der Waals surface area contributed by atoms with Crippen LogP contribution in [-0.4, -0.2) is 58.6 Å². The molecule has 2 atom stereocenters. The van der Waals surface area contributed by atoms with Gasteiger partial charge in [-0.3, -0.25) is 14.2 Å². The zero-order valence-corrected chi connectivity index (χ0v) is 17.9. The first kappa shape index (κ1) is 20.1. The highest BCUT2D eigenvalue weighted by Gasteiger charge is 2.30. The molecule has 2 unspecified atom stereocenters. The van der Waals surface area contributed by atoms with Gasteiger partial charge in [0.05, 0.1) is 22.1 Å². The molecule has 0 spiro atoms. The zero-order chi connectivity index (χ0) is 21.4. The molecule has 1 aromatic carbocycles. The van der Waals surface area contributed by atoms with Crippen molar-refractivity contribution in [1.82, 2.24) is 19.6 Å². The van der Waals surface area contributed by atoms with Gasteiger partial charge in [0, 0.05) is 49.9 Å². The molecule has 7 heteroatoms. The highest BCUT2D eigenvalue weighted by molar-refractivity contribution is 6.06. The molecule has 1 fully saturated rings. The van der Waals surface area contributed by atoms with E-state index in [0.29, 0.717) is 30.0 Å². The maximum Gasteiger partial charge on any atom is 0.259 e. The average Bonchev–Trinajstić information content (AvgIpc) is 3.11. The highest BCUT2D eigenvalue weighted by atomic mass is 16.2. The van der Waals surface area contributed by atoms with E-state index >= 15 is 0 Å². The standard InChI is InChI=1S/C23H28N6O/c1-6-25-11-17-16(4)29-19-10-8-7-9-18(19)27-22(29)20(21(17)24-5)23(30)28-12-14(2)26-15(3)13-28/h6-11,14-15,24,26H,4,12-13H2,1-3,5H3/b17-11+,25-6-. The molecule has 4 rings (SSSR count). The Morgan fingerprint density at radius 1 is 1.30 bits per heavy atom. The van der Waals surface area contributed by atoms with E-state index in [2.05, 4.69) is 36.1 Å². The third-order valence-corrected chi connectivity index (χ3v) is 5.55. The Morgan fingerprint density at radius 2 is 2.00 bits per heavy atom. The van der Waals surface area contributed by atoms with E-state index in [1.54, 1.807) is 12.4 Å². The van der Waals surface area contributed by atoms with Gasteiger partial charge in [-0.1, -0.05) is 18.7 Å². The van der Waals surface area contributed by atoms with Crippen LogP contribution in [0.5, 0.6) is 0 Å². The minimum absolute atomic E-state index is 0.0324. The molecular formula is C23H28N6O. The number of carbonyl (C=O) groups is 1. The fourth-order valence-electron chi connectivity index (χ4n) is 4.38. The lowest BCUT2D eigenvalue weighted by molar-refractivity contribution is 0.0676. The number of aromatic nitrogens is 2. The first-order valence-electron chi connectivity index (χ1n) is 10.3. The second-order valence-corrected chi connectivity index (χ2v) is 7.84. The predicted octanol–water partition coefficient (Wildman–Crippen LogP) is 1.59. The van der Waals surface area contributed by atoms with Gasteiger partial charge in [0.25, 0.3) is 5.91 Å². The van der Waals surface area contributed by atoms with Gasteiger partial charge < -0.3 is 15.5 Å². The van der Waals surface area contributed by atoms with Crippen molar-refractivity contribution in [2.45, 2.75) is 32.9 Å². The van der Waals surface area contributed by atoms with Gasteiger partial charge in [-0.25, -0.2) is 4.98 Å². The van der Waals surface area contributed by atoms with E-state index in [0.717, 1.165) is 21.6 Å². The van der Waals surface area contributed by atoms with E-state index < -0.39 is 0 Å². The predicted molar refractivity (Wildman–Crippen MR) is 124 cm³/mol. The quantitative estimate of drug-likeness (QED) is 0.651. The van der Waals surface area contributed by atoms with Crippen LogP contribution >= 0.6 is 0 Å². The Hall–Kier alpha value is -3.19. The van der Waals surface area contributed by atoms with Crippen LogP contribution in [0.15, 0.2) is 29.3 Å². The Morgan fingerprint density at radius 3 is 2.67 bits per heavy atom. The van der Waals surface area contributed by atoms with Crippen molar-refractivity contribution in [1.29, 1.82) is 0 Å². The second-order valence-electron chi connectivity index (χ2n) is 7.84. The maximum atomic E-state index is 13.8. The number of nitrogens with one attached hydrogen (secondary N) is 2. The summed E-state index contributed by atoms with van der Waals surface area (Å²) >= 11 is 0. The Labute approximate surface area is 175 Å². The minimum Gasteiger partial charge on any atom is -0.387 e. The molecule has 0 bridgehead atoms. The molecule has 2 aromatic heterocycles. The summed E-state index contributed by atoms with van der Waals surface area (Å²) in [5.74, 6) is -0.0324. The Bertz CT molecular complexity index is 1250. The number of anilines is 1. The number of pyridine rings is 1. The van der Waals surface area contributed by atoms with Crippen molar-refractivity contribution >= 4 is 47.3 Å². The molecule has 3 aromatic rings. The van der Waals surface area contributed by atoms with Crippen molar-refractivity contribution < 1.29 is 4.79 Å². The van der Waals surface area contributed by atoms with Crippen LogP contribution in [0.1, 0.15) is 31.1 Å². The molecule has 3 heterocycles. The van der Waals surface area contributed by atoms with Crippen LogP contribution < -0.4 is 21.2 Å². The number of rotatable bonds is 3. The largest absolute Gasteiger partial charge is 0.387 e. The van der Waals surface area contributed by atoms with E-state index in [-0.39, 0.29) is 18.0 Å². The second kappa shape index (κ2) is 7.91. The molecule has 2 N–H and O–H groups in total. The van der Waals surface area contributed by atoms with Gasteiger partial charge in [0.15, 0.2) is 5.65 Å². The highest BCUT2D eigenvalue weighted by Crippen LogP contribution is 2.23. The average molecular weight is 405 g/mol. The third kappa shape index (κ3) is 3.25. The summed E-state index contributed by atoms with van der Waals surface area (Å²) in [6, 6.07) is 8.33. The maximum absolute atomic E-state index is 13.8. The van der Waals surface area contributed by atoms with Gasteiger partial charge in [-0.2, -0.15) is 0 Å². The van der Waals surface area contributed by atoms with Crippen molar-refractivity contribution in [3.8, 4) is 0 Å². The smallest absolute Gasteiger partial charge is 0.259 e. The number of hydrogen-bond donors (Lipinski definition) is 2. The molecule has 1 aliphatic heterocycles. The molecule has 0 radical (unpaired) electrons. The van der Waals surface area contributed by atoms with Crippen LogP contribution in [0.4, 0.5) is 5.69 Å². The Kier molecular flexibility index (Phi) is 5.30. The molecule has 30 heavy (non-hydrogen) atoms. The summed E-state index contributed by atoms with van der Waals surface area (Å²) in [7, 11) is 1.82.